The molecule has 2 saturated heterocycles. The first-order valence-corrected chi connectivity index (χ1v) is 9.33. The van der Waals surface area contributed by atoms with Crippen LogP contribution in [-0.4, -0.2) is 72.2 Å². The van der Waals surface area contributed by atoms with Gasteiger partial charge in [-0.05, 0) is 52.0 Å². The number of amides is 2. The minimum absolute atomic E-state index is 0.0142. The highest BCUT2D eigenvalue weighted by atomic mass is 16.5. The molecular formula is C20H28N2O4. The van der Waals surface area contributed by atoms with Gasteiger partial charge in [0.15, 0.2) is 0 Å². The number of ether oxygens (including phenoxy) is 2. The van der Waals surface area contributed by atoms with Crippen molar-refractivity contribution in [2.75, 3.05) is 26.2 Å². The Balaban J connectivity index is 1.68. The summed E-state index contributed by atoms with van der Waals surface area (Å²) in [6.45, 7) is 10.3. The van der Waals surface area contributed by atoms with Gasteiger partial charge in [-0.2, -0.15) is 0 Å². The molecule has 2 heterocycles. The molecule has 0 bridgehead atoms. The van der Waals surface area contributed by atoms with Crippen molar-refractivity contribution >= 4 is 11.8 Å². The van der Waals surface area contributed by atoms with E-state index in [4.69, 9.17) is 9.47 Å². The van der Waals surface area contributed by atoms with Gasteiger partial charge in [-0.15, -0.1) is 0 Å². The Morgan fingerprint density at radius 3 is 1.23 bits per heavy atom. The van der Waals surface area contributed by atoms with Gasteiger partial charge in [0.2, 0.25) is 0 Å². The van der Waals surface area contributed by atoms with Crippen molar-refractivity contribution in [3.05, 3.63) is 35.4 Å². The van der Waals surface area contributed by atoms with Crippen LogP contribution in [0.25, 0.3) is 0 Å². The molecule has 3 rings (SSSR count). The zero-order valence-electron chi connectivity index (χ0n) is 16.0. The molecule has 6 heteroatoms. The normalized spacial score (nSPS) is 29.5. The van der Waals surface area contributed by atoms with Gasteiger partial charge >= 0.3 is 0 Å². The summed E-state index contributed by atoms with van der Waals surface area (Å²) in [7, 11) is 0. The maximum atomic E-state index is 12.7. The van der Waals surface area contributed by atoms with Gasteiger partial charge in [-0.1, -0.05) is 0 Å². The fourth-order valence-electron chi connectivity index (χ4n) is 3.81. The second-order valence-corrected chi connectivity index (χ2v) is 7.51. The highest BCUT2D eigenvalue weighted by Crippen LogP contribution is 2.17. The minimum Gasteiger partial charge on any atom is -0.372 e. The average Bonchev–Trinajstić information content (AvgIpc) is 2.59. The number of morpholine rings is 2. The van der Waals surface area contributed by atoms with Gasteiger partial charge in [0.25, 0.3) is 11.8 Å². The van der Waals surface area contributed by atoms with Crippen LogP contribution < -0.4 is 0 Å². The van der Waals surface area contributed by atoms with Gasteiger partial charge in [-0.3, -0.25) is 9.59 Å². The summed E-state index contributed by atoms with van der Waals surface area (Å²) in [4.78, 5) is 29.1. The summed E-state index contributed by atoms with van der Waals surface area (Å²) in [5.74, 6) is -0.0285. The average molecular weight is 360 g/mol. The largest absolute Gasteiger partial charge is 0.372 e. The first-order chi connectivity index (χ1) is 12.3. The number of carbonyl (C=O) groups is 2. The summed E-state index contributed by atoms with van der Waals surface area (Å²) in [6.07, 6.45) is 0.144. The van der Waals surface area contributed by atoms with E-state index in [1.165, 1.54) is 0 Å². The second kappa shape index (κ2) is 7.76. The Kier molecular flexibility index (Phi) is 5.63. The lowest BCUT2D eigenvalue weighted by molar-refractivity contribution is -0.0587. The molecule has 2 aliphatic rings. The van der Waals surface area contributed by atoms with Crippen LogP contribution in [0.5, 0.6) is 0 Å². The van der Waals surface area contributed by atoms with E-state index in [2.05, 4.69) is 0 Å². The van der Waals surface area contributed by atoms with Crippen LogP contribution >= 0.6 is 0 Å². The number of hydrogen-bond acceptors (Lipinski definition) is 4. The molecular weight excluding hydrogens is 332 g/mol. The third-order valence-corrected chi connectivity index (χ3v) is 4.79. The fourth-order valence-corrected chi connectivity index (χ4v) is 3.81. The van der Waals surface area contributed by atoms with E-state index in [0.717, 1.165) is 0 Å². The highest BCUT2D eigenvalue weighted by Gasteiger charge is 2.28. The van der Waals surface area contributed by atoms with Crippen LogP contribution in [0, 0.1) is 0 Å². The molecule has 26 heavy (non-hydrogen) atoms. The molecule has 2 fully saturated rings. The molecule has 6 nitrogen and oxygen atoms in total. The van der Waals surface area contributed by atoms with Crippen LogP contribution in [0.15, 0.2) is 24.3 Å². The van der Waals surface area contributed by atoms with Gasteiger partial charge in [0.1, 0.15) is 0 Å². The van der Waals surface area contributed by atoms with Crippen molar-refractivity contribution in [3.63, 3.8) is 0 Å². The van der Waals surface area contributed by atoms with Crippen LogP contribution in [-0.2, 0) is 9.47 Å². The van der Waals surface area contributed by atoms with Crippen molar-refractivity contribution in [3.8, 4) is 0 Å². The second-order valence-electron chi connectivity index (χ2n) is 7.51. The van der Waals surface area contributed by atoms with Crippen LogP contribution in [0.1, 0.15) is 48.4 Å². The quantitative estimate of drug-likeness (QED) is 0.811. The van der Waals surface area contributed by atoms with Crippen LogP contribution in [0.2, 0.25) is 0 Å². The Bertz CT molecular complexity index is 583. The number of carbonyl (C=O) groups excluding carboxylic acids is 2. The molecule has 142 valence electrons. The Labute approximate surface area is 155 Å². The molecule has 4 atom stereocenters. The molecule has 1 aromatic rings. The zero-order valence-corrected chi connectivity index (χ0v) is 16.0. The Morgan fingerprint density at radius 1 is 0.692 bits per heavy atom. The molecule has 0 spiro atoms. The standard InChI is InChI=1S/C20H28N2O4/c1-13-9-21(10-14(2)25-13)19(23)17-5-7-18(8-6-17)20(24)22-11-15(3)26-16(4)12-22/h5-8,13-16H,9-12H2,1-4H3/t13-,14-,15+,16+. The number of rotatable bonds is 2. The van der Waals surface area contributed by atoms with Crippen molar-refractivity contribution in [2.45, 2.75) is 52.1 Å². The summed E-state index contributed by atoms with van der Waals surface area (Å²) < 4.78 is 11.4. The Hall–Kier alpha value is -1.92. The van der Waals surface area contributed by atoms with Crippen LogP contribution in [0.4, 0.5) is 0 Å². The molecule has 1 aromatic carbocycles. The van der Waals surface area contributed by atoms with E-state index in [-0.39, 0.29) is 36.2 Å². The lowest BCUT2D eigenvalue weighted by Crippen LogP contribution is -2.48. The molecule has 0 unspecified atom stereocenters. The molecule has 0 aliphatic carbocycles. The van der Waals surface area contributed by atoms with E-state index >= 15 is 0 Å². The number of hydrogen-bond donors (Lipinski definition) is 0. The third kappa shape index (κ3) is 4.24. The van der Waals surface area contributed by atoms with Crippen LogP contribution in [0.3, 0.4) is 0 Å². The summed E-state index contributed by atoms with van der Waals surface area (Å²) in [5.41, 5.74) is 1.21. The van der Waals surface area contributed by atoms with Crippen molar-refractivity contribution in [2.24, 2.45) is 0 Å². The predicted molar refractivity (Wildman–Crippen MR) is 98.3 cm³/mol. The summed E-state index contributed by atoms with van der Waals surface area (Å²) in [6, 6.07) is 6.97. The SMILES string of the molecule is C[C@@H]1CN(C(=O)c2ccc(C(=O)N3C[C@H](C)O[C@@H](C)C3)cc2)C[C@@H](C)O1. The zero-order chi connectivity index (χ0) is 18.8. The van der Waals surface area contributed by atoms with E-state index in [0.29, 0.717) is 37.3 Å². The van der Waals surface area contributed by atoms with Crippen molar-refractivity contribution in [1.29, 1.82) is 0 Å². The maximum Gasteiger partial charge on any atom is 0.254 e. The lowest BCUT2D eigenvalue weighted by atomic mass is 10.1. The van der Waals surface area contributed by atoms with Gasteiger partial charge in [0, 0.05) is 37.3 Å². The predicted octanol–water partition coefficient (Wildman–Crippen LogP) is 2.19. The molecule has 0 N–H and O–H groups in total. The maximum absolute atomic E-state index is 12.7. The van der Waals surface area contributed by atoms with Crippen molar-refractivity contribution in [1.82, 2.24) is 9.80 Å². The smallest absolute Gasteiger partial charge is 0.254 e. The molecule has 0 radical (unpaired) electrons. The number of benzene rings is 1. The topological polar surface area (TPSA) is 59.1 Å². The molecule has 2 amide bonds. The first-order valence-electron chi connectivity index (χ1n) is 9.33. The van der Waals surface area contributed by atoms with Crippen molar-refractivity contribution < 1.29 is 19.1 Å². The number of nitrogens with zero attached hydrogens (tertiary/aromatic N) is 2. The third-order valence-electron chi connectivity index (χ3n) is 4.79. The summed E-state index contributed by atoms with van der Waals surface area (Å²) >= 11 is 0. The fraction of sp³-hybridized carbons (Fsp3) is 0.600. The molecule has 2 aliphatic heterocycles. The van der Waals surface area contributed by atoms with Gasteiger partial charge in [0.05, 0.1) is 24.4 Å². The lowest BCUT2D eigenvalue weighted by Gasteiger charge is -2.35. The monoisotopic (exact) mass is 360 g/mol. The molecule has 0 saturated carbocycles. The Morgan fingerprint density at radius 2 is 0.962 bits per heavy atom. The van der Waals surface area contributed by atoms with Gasteiger partial charge < -0.3 is 19.3 Å². The minimum atomic E-state index is -0.0142. The summed E-state index contributed by atoms with van der Waals surface area (Å²) in [5, 5.41) is 0. The van der Waals surface area contributed by atoms with E-state index in [9.17, 15) is 9.59 Å². The van der Waals surface area contributed by atoms with E-state index in [1.54, 1.807) is 24.3 Å². The highest BCUT2D eigenvalue weighted by molar-refractivity contribution is 5.98. The van der Waals surface area contributed by atoms with E-state index in [1.807, 2.05) is 37.5 Å². The van der Waals surface area contributed by atoms with E-state index < -0.39 is 0 Å². The molecule has 0 aromatic heterocycles. The van der Waals surface area contributed by atoms with Gasteiger partial charge in [-0.25, -0.2) is 0 Å². The first kappa shape index (κ1) is 18.9.